The van der Waals surface area contributed by atoms with Crippen LogP contribution in [0.4, 0.5) is 5.69 Å². The van der Waals surface area contributed by atoms with Gasteiger partial charge in [-0.15, -0.1) is 11.3 Å². The molecule has 10 heteroatoms. The number of carboxylic acid groups (broad SMARTS) is 1. The summed E-state index contributed by atoms with van der Waals surface area (Å²) in [6.07, 6.45) is -0.343. The smallest absolute Gasteiger partial charge is 0.335 e. The summed E-state index contributed by atoms with van der Waals surface area (Å²) in [5.74, 6) is -0.784. The molecule has 2 heterocycles. The molecule has 0 aliphatic heterocycles. The quantitative estimate of drug-likeness (QED) is 0.422. The van der Waals surface area contributed by atoms with Crippen molar-refractivity contribution < 1.29 is 9.90 Å². The maximum absolute atomic E-state index is 13.2. The fraction of sp³-hybridized carbons (Fsp3) is 0.292. The van der Waals surface area contributed by atoms with Crippen LogP contribution >= 0.6 is 11.3 Å². The lowest BCUT2D eigenvalue weighted by molar-refractivity contribution is -0.137. The molecule has 0 aliphatic rings. The fourth-order valence-corrected chi connectivity index (χ4v) is 4.44. The third kappa shape index (κ3) is 5.07. The summed E-state index contributed by atoms with van der Waals surface area (Å²) >= 11 is 1.58. The zero-order valence-corrected chi connectivity index (χ0v) is 19.9. The van der Waals surface area contributed by atoms with Gasteiger partial charge < -0.3 is 5.11 Å². The highest BCUT2D eigenvalue weighted by Crippen LogP contribution is 2.29. The number of H-pyrrole nitrogens is 1. The first kappa shape index (κ1) is 23.4. The van der Waals surface area contributed by atoms with Gasteiger partial charge in [0, 0.05) is 12.5 Å². The summed E-state index contributed by atoms with van der Waals surface area (Å²) in [6.45, 7) is 6.07. The first-order valence-corrected chi connectivity index (χ1v) is 11.7. The lowest BCUT2D eigenvalue weighted by atomic mass is 10.1. The van der Waals surface area contributed by atoms with Gasteiger partial charge in [0.05, 0.1) is 33.9 Å². The number of nitrogens with zero attached hydrogens (tertiary/aromatic N) is 4. The Hall–Kier alpha value is -3.79. The van der Waals surface area contributed by atoms with Gasteiger partial charge in [-0.1, -0.05) is 43.7 Å². The van der Waals surface area contributed by atoms with Crippen molar-refractivity contribution in [3.63, 3.8) is 0 Å². The SMILES string of the molecule is Cc1ccc(Cn2c(=O)n(CCC(=O)O)c(=O)[nH]/c2=N\c2ccc3nc(C(C)C)sc3c2)cc1. The van der Waals surface area contributed by atoms with Crippen molar-refractivity contribution in [2.75, 3.05) is 0 Å². The first-order valence-electron chi connectivity index (χ1n) is 10.9. The van der Waals surface area contributed by atoms with Gasteiger partial charge in [-0.25, -0.2) is 24.1 Å². The Bertz CT molecular complexity index is 1540. The summed E-state index contributed by atoms with van der Waals surface area (Å²) in [5, 5.41) is 10.0. The van der Waals surface area contributed by atoms with Crippen LogP contribution in [0.1, 0.15) is 42.3 Å². The molecule has 2 aromatic carbocycles. The standard InChI is InChI=1S/C24H25N5O4S/c1-14(2)21-26-18-9-8-17(12-19(18)34-21)25-22-27-23(32)28(11-10-20(30)31)24(33)29(22)13-16-6-4-15(3)5-7-16/h4-9,12,14H,10-11,13H2,1-3H3,(H,30,31)(H,25,27,32). The number of hydrogen-bond acceptors (Lipinski definition) is 6. The number of aromatic nitrogens is 4. The topological polar surface area (TPSA) is 122 Å². The Kier molecular flexibility index (Phi) is 6.60. The molecule has 0 spiro atoms. The van der Waals surface area contributed by atoms with Crippen molar-refractivity contribution in [2.45, 2.75) is 46.2 Å². The Labute approximate surface area is 198 Å². The van der Waals surface area contributed by atoms with E-state index in [4.69, 9.17) is 5.11 Å². The minimum Gasteiger partial charge on any atom is -0.481 e. The highest BCUT2D eigenvalue weighted by molar-refractivity contribution is 7.18. The van der Waals surface area contributed by atoms with Crippen molar-refractivity contribution in [1.82, 2.24) is 19.1 Å². The molecule has 0 unspecified atom stereocenters. The number of carboxylic acids is 1. The van der Waals surface area contributed by atoms with Crippen molar-refractivity contribution in [1.29, 1.82) is 0 Å². The molecule has 4 rings (SSSR count). The second-order valence-electron chi connectivity index (χ2n) is 8.37. The van der Waals surface area contributed by atoms with Crippen LogP contribution in [-0.4, -0.2) is 30.2 Å². The minimum atomic E-state index is -1.09. The van der Waals surface area contributed by atoms with Crippen LogP contribution in [-0.2, 0) is 17.9 Å². The normalized spacial score (nSPS) is 12.1. The molecular formula is C24H25N5O4S. The molecule has 0 bridgehead atoms. The average molecular weight is 480 g/mol. The Morgan fingerprint density at radius 3 is 2.56 bits per heavy atom. The number of aromatic amines is 1. The maximum atomic E-state index is 13.2. The molecule has 0 atom stereocenters. The fourth-order valence-electron chi connectivity index (χ4n) is 3.44. The molecule has 9 nitrogen and oxygen atoms in total. The third-order valence-electron chi connectivity index (χ3n) is 5.31. The zero-order chi connectivity index (χ0) is 24.4. The number of aliphatic carboxylic acids is 1. The Morgan fingerprint density at radius 1 is 1.15 bits per heavy atom. The van der Waals surface area contributed by atoms with Gasteiger partial charge in [0.1, 0.15) is 0 Å². The molecule has 2 N–H and O–H groups in total. The molecule has 0 saturated carbocycles. The number of rotatable bonds is 7. The number of carbonyl (C=O) groups is 1. The van der Waals surface area contributed by atoms with Gasteiger partial charge in [-0.05, 0) is 30.7 Å². The van der Waals surface area contributed by atoms with Gasteiger partial charge >= 0.3 is 17.3 Å². The van der Waals surface area contributed by atoms with Gasteiger partial charge in [-0.3, -0.25) is 14.3 Å². The number of aryl methyl sites for hydroxylation is 1. The number of thiazole rings is 1. The van der Waals surface area contributed by atoms with E-state index in [1.807, 2.05) is 43.3 Å². The van der Waals surface area contributed by atoms with Gasteiger partial charge in [-0.2, -0.15) is 0 Å². The molecule has 0 aliphatic carbocycles. The second kappa shape index (κ2) is 9.60. The van der Waals surface area contributed by atoms with E-state index in [0.29, 0.717) is 11.6 Å². The van der Waals surface area contributed by atoms with Crippen LogP contribution < -0.4 is 17.0 Å². The summed E-state index contributed by atoms with van der Waals surface area (Å²) in [6, 6.07) is 13.2. The largest absolute Gasteiger partial charge is 0.481 e. The van der Waals surface area contributed by atoms with Crippen molar-refractivity contribution >= 4 is 33.2 Å². The van der Waals surface area contributed by atoms with E-state index >= 15 is 0 Å². The third-order valence-corrected chi connectivity index (χ3v) is 6.63. The van der Waals surface area contributed by atoms with E-state index in [1.165, 1.54) is 4.57 Å². The molecule has 0 fully saturated rings. The highest BCUT2D eigenvalue weighted by Gasteiger charge is 2.12. The Morgan fingerprint density at radius 2 is 1.88 bits per heavy atom. The maximum Gasteiger partial charge on any atom is 0.335 e. The van der Waals surface area contributed by atoms with E-state index in [1.54, 1.807) is 17.4 Å². The number of fused-ring (bicyclic) bond motifs is 1. The summed E-state index contributed by atoms with van der Waals surface area (Å²) in [7, 11) is 0. The molecule has 2 aromatic heterocycles. The first-order chi connectivity index (χ1) is 16.2. The van der Waals surface area contributed by atoms with E-state index in [9.17, 15) is 14.4 Å². The van der Waals surface area contributed by atoms with E-state index in [-0.39, 0.29) is 25.1 Å². The van der Waals surface area contributed by atoms with Crippen LogP contribution in [0.2, 0.25) is 0 Å². The summed E-state index contributed by atoms with van der Waals surface area (Å²) in [5.41, 5.74) is 2.14. The monoisotopic (exact) mass is 479 g/mol. The second-order valence-corrected chi connectivity index (χ2v) is 9.44. The summed E-state index contributed by atoms with van der Waals surface area (Å²) < 4.78 is 3.21. The van der Waals surface area contributed by atoms with Crippen LogP contribution in [0.5, 0.6) is 0 Å². The lowest BCUT2D eigenvalue weighted by Gasteiger charge is -2.11. The number of hydrogen-bond donors (Lipinski definition) is 2. The van der Waals surface area contributed by atoms with Crippen LogP contribution in [0.15, 0.2) is 57.0 Å². The highest BCUT2D eigenvalue weighted by atomic mass is 32.1. The van der Waals surface area contributed by atoms with Gasteiger partial charge in [0.15, 0.2) is 0 Å². The Balaban J connectivity index is 1.86. The average Bonchev–Trinajstić information content (AvgIpc) is 3.21. The van der Waals surface area contributed by atoms with E-state index < -0.39 is 17.3 Å². The molecule has 34 heavy (non-hydrogen) atoms. The molecule has 0 amide bonds. The molecular weight excluding hydrogens is 454 g/mol. The van der Waals surface area contributed by atoms with Crippen LogP contribution in [0.25, 0.3) is 10.2 Å². The van der Waals surface area contributed by atoms with Crippen molar-refractivity contribution in [3.8, 4) is 0 Å². The van der Waals surface area contributed by atoms with Crippen molar-refractivity contribution in [3.05, 3.63) is 85.2 Å². The predicted octanol–water partition coefficient (Wildman–Crippen LogP) is 3.14. The van der Waals surface area contributed by atoms with Gasteiger partial charge in [0.2, 0.25) is 5.62 Å². The minimum absolute atomic E-state index is 0.0927. The van der Waals surface area contributed by atoms with Crippen LogP contribution in [0, 0.1) is 6.92 Å². The number of benzene rings is 2. The molecule has 4 aromatic rings. The lowest BCUT2D eigenvalue weighted by Crippen LogP contribution is -2.50. The van der Waals surface area contributed by atoms with Crippen molar-refractivity contribution in [2.24, 2.45) is 4.99 Å². The molecule has 176 valence electrons. The molecule has 0 saturated heterocycles. The number of nitrogens with one attached hydrogen (secondary N) is 1. The summed E-state index contributed by atoms with van der Waals surface area (Å²) in [4.78, 5) is 48.7. The van der Waals surface area contributed by atoms with E-state index in [2.05, 4.69) is 28.8 Å². The van der Waals surface area contributed by atoms with Gasteiger partial charge in [0.25, 0.3) is 0 Å². The predicted molar refractivity (Wildman–Crippen MR) is 131 cm³/mol. The zero-order valence-electron chi connectivity index (χ0n) is 19.1. The van der Waals surface area contributed by atoms with Crippen LogP contribution in [0.3, 0.4) is 0 Å². The molecule has 0 radical (unpaired) electrons. The van der Waals surface area contributed by atoms with E-state index in [0.717, 1.165) is 30.9 Å².